The molecule has 5 aromatic rings. The summed E-state index contributed by atoms with van der Waals surface area (Å²) >= 11 is 13.7. The predicted octanol–water partition coefficient (Wildman–Crippen LogP) is 6.57. The number of rotatable bonds is 6. The van der Waals surface area contributed by atoms with Crippen LogP contribution < -0.4 is 5.32 Å². The highest BCUT2D eigenvalue weighted by Gasteiger charge is 2.17. The summed E-state index contributed by atoms with van der Waals surface area (Å²) in [5.74, 6) is 0.548. The van der Waals surface area contributed by atoms with Gasteiger partial charge in [-0.15, -0.1) is 0 Å². The molecule has 0 saturated heterocycles. The van der Waals surface area contributed by atoms with Crippen LogP contribution in [0.25, 0.3) is 33.4 Å². The van der Waals surface area contributed by atoms with Gasteiger partial charge in [-0.05, 0) is 18.6 Å². The molecule has 7 nitrogen and oxygen atoms in total. The van der Waals surface area contributed by atoms with Gasteiger partial charge in [-0.3, -0.25) is 9.78 Å². The highest BCUT2D eigenvalue weighted by molar-refractivity contribution is 6.39. The number of aryl methyl sites for hydroxylation is 1. The normalized spacial score (nSPS) is 10.9. The number of anilines is 2. The molecule has 0 unspecified atom stereocenters. The van der Waals surface area contributed by atoms with Crippen molar-refractivity contribution < 1.29 is 4.79 Å². The minimum absolute atomic E-state index is 0.331. The summed E-state index contributed by atoms with van der Waals surface area (Å²) in [4.78, 5) is 33.2. The summed E-state index contributed by atoms with van der Waals surface area (Å²) in [7, 11) is 0. The SMILES string of the molecule is CCc1nc(-c2cccc(-c3cccc(Nc4nccc5nccnc45)c3Cl)c2Cl)cnc1C=O. The van der Waals surface area contributed by atoms with Crippen LogP contribution in [0.15, 0.2) is 67.3 Å². The molecular formula is C26H18Cl2N6O. The molecular weight excluding hydrogens is 483 g/mol. The van der Waals surface area contributed by atoms with Crippen LogP contribution in [0.5, 0.6) is 0 Å². The molecule has 0 spiro atoms. The molecule has 0 aliphatic rings. The van der Waals surface area contributed by atoms with E-state index in [1.807, 2.05) is 43.3 Å². The van der Waals surface area contributed by atoms with Crippen LogP contribution in [0.2, 0.25) is 10.0 Å². The Kier molecular flexibility index (Phi) is 6.35. The van der Waals surface area contributed by atoms with Crippen molar-refractivity contribution in [2.24, 2.45) is 0 Å². The minimum Gasteiger partial charge on any atom is -0.337 e. The molecule has 0 aliphatic heterocycles. The first-order chi connectivity index (χ1) is 17.1. The van der Waals surface area contributed by atoms with Gasteiger partial charge in [-0.2, -0.15) is 0 Å². The van der Waals surface area contributed by atoms with Crippen molar-refractivity contribution in [3.05, 3.63) is 88.7 Å². The maximum Gasteiger partial charge on any atom is 0.170 e. The third-order valence-corrected chi connectivity index (χ3v) is 6.34. The fourth-order valence-corrected chi connectivity index (χ4v) is 4.41. The zero-order valence-electron chi connectivity index (χ0n) is 18.5. The Balaban J connectivity index is 1.57. The van der Waals surface area contributed by atoms with Gasteiger partial charge in [0.2, 0.25) is 0 Å². The maximum absolute atomic E-state index is 11.3. The van der Waals surface area contributed by atoms with Crippen LogP contribution in [0.3, 0.4) is 0 Å². The number of benzene rings is 2. The number of aldehydes is 1. The number of carbonyl (C=O) groups excluding carboxylic acids is 1. The lowest BCUT2D eigenvalue weighted by molar-refractivity contribution is 0.111. The highest BCUT2D eigenvalue weighted by atomic mass is 35.5. The van der Waals surface area contributed by atoms with Gasteiger partial charge in [0, 0.05) is 35.3 Å². The number of carbonyl (C=O) groups is 1. The molecule has 5 rings (SSSR count). The molecule has 9 heteroatoms. The maximum atomic E-state index is 11.3. The molecule has 0 saturated carbocycles. The van der Waals surface area contributed by atoms with Crippen LogP contribution in [-0.4, -0.2) is 31.2 Å². The number of fused-ring (bicyclic) bond motifs is 1. The van der Waals surface area contributed by atoms with Crippen molar-refractivity contribution in [2.75, 3.05) is 5.32 Å². The van der Waals surface area contributed by atoms with Crippen molar-refractivity contribution in [3.8, 4) is 22.4 Å². The first kappa shape index (κ1) is 22.8. The van der Waals surface area contributed by atoms with Crippen LogP contribution in [0.4, 0.5) is 11.5 Å². The van der Waals surface area contributed by atoms with Gasteiger partial charge in [0.1, 0.15) is 11.2 Å². The largest absolute Gasteiger partial charge is 0.337 e. The smallest absolute Gasteiger partial charge is 0.170 e. The van der Waals surface area contributed by atoms with Crippen LogP contribution in [0, 0.1) is 0 Å². The molecule has 2 aromatic carbocycles. The second kappa shape index (κ2) is 9.74. The summed E-state index contributed by atoms with van der Waals surface area (Å²) in [6.45, 7) is 1.92. The summed E-state index contributed by atoms with van der Waals surface area (Å²) in [5.41, 5.74) is 5.73. The van der Waals surface area contributed by atoms with Gasteiger partial charge in [0.25, 0.3) is 0 Å². The Morgan fingerprint density at radius 1 is 0.857 bits per heavy atom. The monoisotopic (exact) mass is 500 g/mol. The van der Waals surface area contributed by atoms with Gasteiger partial charge in [-0.25, -0.2) is 19.9 Å². The second-order valence-electron chi connectivity index (χ2n) is 7.60. The van der Waals surface area contributed by atoms with Crippen LogP contribution in [0.1, 0.15) is 23.1 Å². The molecule has 1 N–H and O–H groups in total. The number of nitrogens with zero attached hydrogens (tertiary/aromatic N) is 5. The average molecular weight is 501 g/mol. The standard InChI is InChI=1S/C26H18Cl2N6O/c1-2-18-22(14-35)32-13-21(33-18)17-7-3-5-15(23(17)27)16-6-4-8-19(24(16)28)34-26-25-20(9-10-31-26)29-11-12-30-25/h3-14H,2H2,1H3,(H,31,34). The fraction of sp³-hybridized carbons (Fsp3) is 0.0769. The van der Waals surface area contributed by atoms with Crippen molar-refractivity contribution in [1.29, 1.82) is 0 Å². The fourth-order valence-electron chi connectivity index (χ4n) is 3.82. The van der Waals surface area contributed by atoms with E-state index in [1.54, 1.807) is 30.9 Å². The highest BCUT2D eigenvalue weighted by Crippen LogP contribution is 2.41. The summed E-state index contributed by atoms with van der Waals surface area (Å²) in [5, 5.41) is 4.23. The number of hydrogen-bond donors (Lipinski definition) is 1. The Morgan fingerprint density at radius 2 is 1.60 bits per heavy atom. The third kappa shape index (κ3) is 4.32. The average Bonchev–Trinajstić information content (AvgIpc) is 2.90. The first-order valence-corrected chi connectivity index (χ1v) is 11.6. The van der Waals surface area contributed by atoms with E-state index in [4.69, 9.17) is 23.2 Å². The lowest BCUT2D eigenvalue weighted by Gasteiger charge is -2.15. The lowest BCUT2D eigenvalue weighted by atomic mass is 10.0. The second-order valence-corrected chi connectivity index (χ2v) is 8.36. The van der Waals surface area contributed by atoms with Crippen molar-refractivity contribution >= 4 is 52.0 Å². The summed E-state index contributed by atoms with van der Waals surface area (Å²) < 4.78 is 0. The zero-order valence-corrected chi connectivity index (χ0v) is 20.0. The Hall–Kier alpha value is -3.94. The predicted molar refractivity (Wildman–Crippen MR) is 138 cm³/mol. The van der Waals surface area contributed by atoms with Gasteiger partial charge < -0.3 is 5.32 Å². The van der Waals surface area contributed by atoms with E-state index in [2.05, 4.69) is 30.2 Å². The molecule has 172 valence electrons. The van der Waals surface area contributed by atoms with E-state index >= 15 is 0 Å². The number of aromatic nitrogens is 5. The lowest BCUT2D eigenvalue weighted by Crippen LogP contribution is -2.01. The first-order valence-electron chi connectivity index (χ1n) is 10.8. The van der Waals surface area contributed by atoms with Gasteiger partial charge in [0.05, 0.1) is 38.8 Å². The van der Waals surface area contributed by atoms with Crippen LogP contribution in [-0.2, 0) is 6.42 Å². The van der Waals surface area contributed by atoms with E-state index in [1.165, 1.54) is 0 Å². The Labute approximate surface area is 211 Å². The Morgan fingerprint density at radius 3 is 2.40 bits per heavy atom. The van der Waals surface area contributed by atoms with Crippen molar-refractivity contribution in [1.82, 2.24) is 24.9 Å². The van der Waals surface area contributed by atoms with Gasteiger partial charge >= 0.3 is 0 Å². The molecule has 3 aromatic heterocycles. The summed E-state index contributed by atoms with van der Waals surface area (Å²) in [6.07, 6.45) is 7.77. The molecule has 0 bridgehead atoms. The molecule has 35 heavy (non-hydrogen) atoms. The van der Waals surface area contributed by atoms with Gasteiger partial charge in [-0.1, -0.05) is 60.5 Å². The van der Waals surface area contributed by atoms with E-state index in [0.717, 1.165) is 16.6 Å². The van der Waals surface area contributed by atoms with Crippen molar-refractivity contribution in [2.45, 2.75) is 13.3 Å². The molecule has 0 atom stereocenters. The van der Waals surface area contributed by atoms with E-state index < -0.39 is 0 Å². The number of hydrogen-bond acceptors (Lipinski definition) is 7. The number of pyridine rings is 1. The van der Waals surface area contributed by atoms with E-state index in [-0.39, 0.29) is 0 Å². The zero-order chi connectivity index (χ0) is 24.4. The topological polar surface area (TPSA) is 93.6 Å². The summed E-state index contributed by atoms with van der Waals surface area (Å²) in [6, 6.07) is 13.1. The van der Waals surface area contributed by atoms with E-state index in [9.17, 15) is 4.79 Å². The molecule has 3 heterocycles. The number of halogens is 2. The third-order valence-electron chi connectivity index (χ3n) is 5.53. The van der Waals surface area contributed by atoms with Crippen molar-refractivity contribution in [3.63, 3.8) is 0 Å². The molecule has 0 fully saturated rings. The molecule has 0 radical (unpaired) electrons. The van der Waals surface area contributed by atoms with Gasteiger partial charge in [0.15, 0.2) is 12.1 Å². The molecule has 0 amide bonds. The Bertz CT molecular complexity index is 1570. The van der Waals surface area contributed by atoms with Crippen LogP contribution >= 0.6 is 23.2 Å². The quantitative estimate of drug-likeness (QED) is 0.263. The molecule has 0 aliphatic carbocycles. The minimum atomic E-state index is 0.331. The van der Waals surface area contributed by atoms with E-state index in [0.29, 0.717) is 62.4 Å². The number of nitrogens with one attached hydrogen (secondary N) is 1.